The second-order valence-electron chi connectivity index (χ2n) is 2.36. The SMILES string of the molecule is NC1=CCc2c(Cl)ncnc2S1. The molecule has 2 heterocycles. The van der Waals surface area contributed by atoms with E-state index in [1.165, 1.54) is 18.1 Å². The van der Waals surface area contributed by atoms with Crippen molar-refractivity contribution in [1.29, 1.82) is 0 Å². The molecule has 1 aromatic rings. The molecule has 0 aromatic carbocycles. The topological polar surface area (TPSA) is 51.8 Å². The maximum Gasteiger partial charge on any atom is 0.137 e. The minimum absolute atomic E-state index is 0.524. The van der Waals surface area contributed by atoms with E-state index >= 15 is 0 Å². The van der Waals surface area contributed by atoms with Gasteiger partial charge in [0.1, 0.15) is 16.5 Å². The number of rotatable bonds is 0. The number of thioether (sulfide) groups is 1. The molecule has 1 aliphatic heterocycles. The van der Waals surface area contributed by atoms with Crippen molar-refractivity contribution in [2.24, 2.45) is 5.73 Å². The van der Waals surface area contributed by atoms with E-state index in [-0.39, 0.29) is 0 Å². The summed E-state index contributed by atoms with van der Waals surface area (Å²) in [6.45, 7) is 0. The molecule has 3 nitrogen and oxygen atoms in total. The third kappa shape index (κ3) is 1.28. The minimum atomic E-state index is 0.524. The Morgan fingerprint density at radius 3 is 3.17 bits per heavy atom. The van der Waals surface area contributed by atoms with Crippen molar-refractivity contribution >= 4 is 23.4 Å². The maximum absolute atomic E-state index is 5.86. The monoisotopic (exact) mass is 199 g/mol. The molecule has 0 radical (unpaired) electrons. The van der Waals surface area contributed by atoms with Gasteiger partial charge in [0.25, 0.3) is 0 Å². The number of nitrogens with two attached hydrogens (primary N) is 1. The summed E-state index contributed by atoms with van der Waals surface area (Å²) in [5, 5.41) is 2.17. The van der Waals surface area contributed by atoms with E-state index in [2.05, 4.69) is 9.97 Å². The van der Waals surface area contributed by atoms with Crippen molar-refractivity contribution in [3.63, 3.8) is 0 Å². The van der Waals surface area contributed by atoms with Crippen molar-refractivity contribution in [2.45, 2.75) is 11.4 Å². The molecule has 0 bridgehead atoms. The molecule has 2 rings (SSSR count). The van der Waals surface area contributed by atoms with Crippen molar-refractivity contribution in [1.82, 2.24) is 9.97 Å². The van der Waals surface area contributed by atoms with Gasteiger partial charge in [0.2, 0.25) is 0 Å². The van der Waals surface area contributed by atoms with Crippen LogP contribution >= 0.6 is 23.4 Å². The van der Waals surface area contributed by atoms with Crippen LogP contribution in [0.4, 0.5) is 0 Å². The van der Waals surface area contributed by atoms with Crippen LogP contribution in [0, 0.1) is 0 Å². The first-order valence-corrected chi connectivity index (χ1v) is 4.59. The fourth-order valence-electron chi connectivity index (χ4n) is 0.992. The zero-order chi connectivity index (χ0) is 8.55. The standard InChI is InChI=1S/C7H6ClN3S/c8-6-4-1-2-5(9)12-7(4)11-3-10-6/h2-3H,1,9H2. The molecule has 0 saturated heterocycles. The van der Waals surface area contributed by atoms with Crippen LogP contribution in [0.5, 0.6) is 0 Å². The Kier molecular flexibility index (Phi) is 1.94. The van der Waals surface area contributed by atoms with E-state index in [4.69, 9.17) is 17.3 Å². The molecule has 1 aromatic heterocycles. The first-order chi connectivity index (χ1) is 5.77. The van der Waals surface area contributed by atoms with Crippen molar-refractivity contribution < 1.29 is 0 Å². The Labute approximate surface area is 79.0 Å². The van der Waals surface area contributed by atoms with Gasteiger partial charge in [0, 0.05) is 5.56 Å². The van der Waals surface area contributed by atoms with Gasteiger partial charge in [0.05, 0.1) is 5.03 Å². The lowest BCUT2D eigenvalue weighted by atomic mass is 10.2. The van der Waals surface area contributed by atoms with Gasteiger partial charge < -0.3 is 5.73 Å². The highest BCUT2D eigenvalue weighted by Crippen LogP contribution is 2.32. The van der Waals surface area contributed by atoms with Crippen LogP contribution in [0.1, 0.15) is 5.56 Å². The molecule has 0 aliphatic carbocycles. The molecule has 0 atom stereocenters. The maximum atomic E-state index is 5.86. The van der Waals surface area contributed by atoms with E-state index in [1.807, 2.05) is 6.08 Å². The third-order valence-corrected chi connectivity index (χ3v) is 2.85. The molecule has 1 aliphatic rings. The normalized spacial score (nSPS) is 15.2. The predicted molar refractivity (Wildman–Crippen MR) is 48.9 cm³/mol. The van der Waals surface area contributed by atoms with E-state index in [0.29, 0.717) is 5.15 Å². The summed E-state index contributed by atoms with van der Waals surface area (Å²) < 4.78 is 0. The zero-order valence-corrected chi connectivity index (χ0v) is 7.69. The van der Waals surface area contributed by atoms with Crippen molar-refractivity contribution in [3.05, 3.63) is 28.1 Å². The molecule has 0 unspecified atom stereocenters. The molecule has 12 heavy (non-hydrogen) atoms. The van der Waals surface area contributed by atoms with Crippen LogP contribution in [0.25, 0.3) is 0 Å². The Morgan fingerprint density at radius 2 is 2.33 bits per heavy atom. The first-order valence-electron chi connectivity index (χ1n) is 3.40. The third-order valence-electron chi connectivity index (χ3n) is 1.58. The zero-order valence-electron chi connectivity index (χ0n) is 6.12. The summed E-state index contributed by atoms with van der Waals surface area (Å²) in [6, 6.07) is 0. The fraction of sp³-hybridized carbons (Fsp3) is 0.143. The fourth-order valence-corrected chi connectivity index (χ4v) is 2.05. The molecule has 0 amide bonds. The Morgan fingerprint density at radius 1 is 1.50 bits per heavy atom. The van der Waals surface area contributed by atoms with Gasteiger partial charge >= 0.3 is 0 Å². The molecular formula is C7H6ClN3S. The Balaban J connectivity index is 2.49. The molecule has 62 valence electrons. The number of nitrogens with zero attached hydrogens (tertiary/aromatic N) is 2. The summed E-state index contributed by atoms with van der Waals surface area (Å²) in [7, 11) is 0. The Hall–Kier alpha value is -0.740. The predicted octanol–water partition coefficient (Wildman–Crippen LogP) is 1.58. The van der Waals surface area contributed by atoms with E-state index in [9.17, 15) is 0 Å². The number of aromatic nitrogens is 2. The molecule has 2 N–H and O–H groups in total. The number of hydrogen-bond acceptors (Lipinski definition) is 4. The van der Waals surface area contributed by atoms with Crippen molar-refractivity contribution in [3.8, 4) is 0 Å². The lowest BCUT2D eigenvalue weighted by Crippen LogP contribution is -2.03. The van der Waals surface area contributed by atoms with Gasteiger partial charge in [-0.3, -0.25) is 0 Å². The van der Waals surface area contributed by atoms with Gasteiger partial charge in [-0.05, 0) is 12.5 Å². The number of hydrogen-bond donors (Lipinski definition) is 1. The largest absolute Gasteiger partial charge is 0.393 e. The molecule has 5 heteroatoms. The quantitative estimate of drug-likeness (QED) is 0.645. The van der Waals surface area contributed by atoms with Gasteiger partial charge in [0.15, 0.2) is 0 Å². The summed E-state index contributed by atoms with van der Waals surface area (Å²) in [5.74, 6) is 0. The highest BCUT2D eigenvalue weighted by molar-refractivity contribution is 8.03. The van der Waals surface area contributed by atoms with Crippen LogP contribution in [-0.2, 0) is 6.42 Å². The van der Waals surface area contributed by atoms with Crippen LogP contribution < -0.4 is 5.73 Å². The summed E-state index contributed by atoms with van der Waals surface area (Å²) in [6.07, 6.45) is 4.10. The van der Waals surface area contributed by atoms with Gasteiger partial charge in [-0.2, -0.15) is 0 Å². The van der Waals surface area contributed by atoms with E-state index in [1.54, 1.807) is 0 Å². The average Bonchev–Trinajstić information content (AvgIpc) is 2.04. The van der Waals surface area contributed by atoms with Crippen LogP contribution in [0.15, 0.2) is 22.5 Å². The lowest BCUT2D eigenvalue weighted by molar-refractivity contribution is 0.965. The number of halogens is 1. The lowest BCUT2D eigenvalue weighted by Gasteiger charge is -2.11. The van der Waals surface area contributed by atoms with Crippen LogP contribution in [-0.4, -0.2) is 9.97 Å². The smallest absolute Gasteiger partial charge is 0.137 e. The second-order valence-corrected chi connectivity index (χ2v) is 3.78. The minimum Gasteiger partial charge on any atom is -0.393 e. The van der Waals surface area contributed by atoms with E-state index < -0.39 is 0 Å². The van der Waals surface area contributed by atoms with Gasteiger partial charge in [-0.25, -0.2) is 9.97 Å². The van der Waals surface area contributed by atoms with Crippen LogP contribution in [0.2, 0.25) is 5.15 Å². The van der Waals surface area contributed by atoms with Crippen molar-refractivity contribution in [2.75, 3.05) is 0 Å². The number of fused-ring (bicyclic) bond motifs is 1. The summed E-state index contributed by atoms with van der Waals surface area (Å²) in [4.78, 5) is 7.97. The summed E-state index contributed by atoms with van der Waals surface area (Å²) in [5.41, 5.74) is 6.59. The molecule has 0 fully saturated rings. The second kappa shape index (κ2) is 2.95. The molecular weight excluding hydrogens is 194 g/mol. The molecule has 0 spiro atoms. The highest BCUT2D eigenvalue weighted by Gasteiger charge is 2.14. The van der Waals surface area contributed by atoms with Gasteiger partial charge in [-0.1, -0.05) is 23.4 Å². The molecule has 0 saturated carbocycles. The highest BCUT2D eigenvalue weighted by atomic mass is 35.5. The average molecular weight is 200 g/mol. The van der Waals surface area contributed by atoms with E-state index in [0.717, 1.165) is 22.0 Å². The van der Waals surface area contributed by atoms with Crippen LogP contribution in [0.3, 0.4) is 0 Å². The summed E-state index contributed by atoms with van der Waals surface area (Å²) >= 11 is 7.28. The van der Waals surface area contributed by atoms with Gasteiger partial charge in [-0.15, -0.1) is 0 Å². The first kappa shape index (κ1) is 7.89. The Bertz CT molecular complexity index is 351. The number of allylic oxidation sites excluding steroid dienone is 1.